The van der Waals surface area contributed by atoms with E-state index >= 15 is 0 Å². The number of furan rings is 1. The van der Waals surface area contributed by atoms with E-state index in [2.05, 4.69) is 42.5 Å². The Labute approximate surface area is 89.4 Å². The van der Waals surface area contributed by atoms with Crippen molar-refractivity contribution >= 4 is 24.6 Å². The van der Waals surface area contributed by atoms with Crippen molar-refractivity contribution in [3.05, 3.63) is 29.2 Å². The molecule has 14 heavy (non-hydrogen) atoms. The van der Waals surface area contributed by atoms with Gasteiger partial charge in [0, 0.05) is 10.9 Å². The van der Waals surface area contributed by atoms with Gasteiger partial charge >= 0.3 is 0 Å². The summed E-state index contributed by atoms with van der Waals surface area (Å²) in [5.74, 6) is 1.00. The molecule has 0 spiro atoms. The highest BCUT2D eigenvalue weighted by molar-refractivity contribution is 7.08. The van der Waals surface area contributed by atoms with Gasteiger partial charge in [-0.1, -0.05) is 19.6 Å². The topological polar surface area (TPSA) is 13.1 Å². The summed E-state index contributed by atoms with van der Waals surface area (Å²) in [6.45, 7) is 6.99. The smallest absolute Gasteiger partial charge is 0.134 e. The summed E-state index contributed by atoms with van der Waals surface area (Å²) in [5, 5.41) is 5.58. The molecule has 3 heteroatoms. The Kier molecular flexibility index (Phi) is 2.37. The molecule has 2 aromatic heterocycles. The lowest BCUT2D eigenvalue weighted by molar-refractivity contribution is 0.584. The van der Waals surface area contributed by atoms with E-state index in [1.165, 1.54) is 10.8 Å². The summed E-state index contributed by atoms with van der Waals surface area (Å²) in [4.78, 5) is 0. The maximum Gasteiger partial charge on any atom is 0.134 e. The van der Waals surface area contributed by atoms with Crippen molar-refractivity contribution in [1.29, 1.82) is 0 Å². The van der Waals surface area contributed by atoms with E-state index in [1.807, 2.05) is 6.26 Å². The highest BCUT2D eigenvalue weighted by Crippen LogP contribution is 2.22. The second kappa shape index (κ2) is 3.40. The van der Waals surface area contributed by atoms with E-state index in [0.29, 0.717) is 0 Å². The van der Waals surface area contributed by atoms with Gasteiger partial charge in [-0.2, -0.15) is 11.3 Å². The SMILES string of the molecule is C[Si](C)(C)c1coc(-c2ccsc2)c1. The van der Waals surface area contributed by atoms with E-state index in [1.54, 1.807) is 11.3 Å². The summed E-state index contributed by atoms with van der Waals surface area (Å²) in [6.07, 6.45) is 1.92. The van der Waals surface area contributed by atoms with Crippen LogP contribution in [0.1, 0.15) is 0 Å². The summed E-state index contributed by atoms with van der Waals surface area (Å²) in [5.41, 5.74) is 1.19. The van der Waals surface area contributed by atoms with Gasteiger partial charge in [0.25, 0.3) is 0 Å². The maximum atomic E-state index is 5.58. The predicted molar refractivity (Wildman–Crippen MR) is 65.0 cm³/mol. The van der Waals surface area contributed by atoms with Crippen LogP contribution in [-0.2, 0) is 0 Å². The minimum absolute atomic E-state index is 1.00. The van der Waals surface area contributed by atoms with E-state index in [-0.39, 0.29) is 0 Å². The number of hydrogen-bond acceptors (Lipinski definition) is 2. The van der Waals surface area contributed by atoms with Gasteiger partial charge < -0.3 is 4.42 Å². The summed E-state index contributed by atoms with van der Waals surface area (Å²) in [6, 6.07) is 4.28. The molecule has 2 aromatic rings. The van der Waals surface area contributed by atoms with Crippen LogP contribution in [0.3, 0.4) is 0 Å². The summed E-state index contributed by atoms with van der Waals surface area (Å²) in [7, 11) is -1.22. The van der Waals surface area contributed by atoms with Gasteiger partial charge in [0.15, 0.2) is 0 Å². The van der Waals surface area contributed by atoms with Crippen LogP contribution < -0.4 is 5.19 Å². The van der Waals surface area contributed by atoms with Gasteiger partial charge in [-0.15, -0.1) is 0 Å². The molecule has 0 saturated carbocycles. The van der Waals surface area contributed by atoms with Crippen LogP contribution in [-0.4, -0.2) is 8.07 Å². The Morgan fingerprint density at radius 2 is 2.07 bits per heavy atom. The van der Waals surface area contributed by atoms with Crippen molar-refractivity contribution in [1.82, 2.24) is 0 Å². The molecule has 0 bridgehead atoms. The molecule has 0 fully saturated rings. The third-order valence-corrected chi connectivity index (χ3v) is 4.95. The third kappa shape index (κ3) is 1.83. The molecule has 1 nitrogen and oxygen atoms in total. The average Bonchev–Trinajstić information content (AvgIpc) is 2.73. The minimum Gasteiger partial charge on any atom is -0.464 e. The Balaban J connectivity index is 2.36. The quantitative estimate of drug-likeness (QED) is 0.708. The zero-order valence-electron chi connectivity index (χ0n) is 8.70. The van der Waals surface area contributed by atoms with Crippen molar-refractivity contribution in [2.45, 2.75) is 19.6 Å². The van der Waals surface area contributed by atoms with E-state index < -0.39 is 8.07 Å². The Morgan fingerprint density at radius 3 is 2.57 bits per heavy atom. The number of rotatable bonds is 2. The van der Waals surface area contributed by atoms with E-state index in [0.717, 1.165) is 5.76 Å². The monoisotopic (exact) mass is 222 g/mol. The second-order valence-corrected chi connectivity index (χ2v) is 10.3. The largest absolute Gasteiger partial charge is 0.464 e. The van der Waals surface area contributed by atoms with Crippen molar-refractivity contribution < 1.29 is 4.42 Å². The molecule has 0 amide bonds. The van der Waals surface area contributed by atoms with Crippen LogP contribution in [0.25, 0.3) is 11.3 Å². The standard InChI is InChI=1S/C11H14OSSi/c1-14(2,3)10-6-11(12-7-10)9-4-5-13-8-9/h4-8H,1-3H3. The van der Waals surface area contributed by atoms with Gasteiger partial charge in [0.2, 0.25) is 0 Å². The number of hydrogen-bond donors (Lipinski definition) is 0. The molecule has 74 valence electrons. The molecule has 0 aliphatic heterocycles. The molecule has 0 aliphatic carbocycles. The molecular formula is C11H14OSSi. The second-order valence-electron chi connectivity index (χ2n) is 4.46. The van der Waals surface area contributed by atoms with Crippen LogP contribution in [0.4, 0.5) is 0 Å². The summed E-state index contributed by atoms with van der Waals surface area (Å²) < 4.78 is 5.58. The van der Waals surface area contributed by atoms with Gasteiger partial charge in [-0.3, -0.25) is 0 Å². The molecule has 0 N–H and O–H groups in total. The molecular weight excluding hydrogens is 208 g/mol. The van der Waals surface area contributed by atoms with E-state index in [4.69, 9.17) is 4.42 Å². The molecule has 0 atom stereocenters. The van der Waals surface area contributed by atoms with Crippen molar-refractivity contribution in [3.63, 3.8) is 0 Å². The lowest BCUT2D eigenvalue weighted by Crippen LogP contribution is -2.36. The molecule has 0 aliphatic rings. The van der Waals surface area contributed by atoms with Crippen LogP contribution in [0.15, 0.2) is 33.6 Å². The van der Waals surface area contributed by atoms with Crippen molar-refractivity contribution in [2.24, 2.45) is 0 Å². The first-order valence-electron chi connectivity index (χ1n) is 4.69. The van der Waals surface area contributed by atoms with Gasteiger partial charge in [-0.05, 0) is 22.7 Å². The Morgan fingerprint density at radius 1 is 1.29 bits per heavy atom. The highest BCUT2D eigenvalue weighted by Gasteiger charge is 2.19. The van der Waals surface area contributed by atoms with Gasteiger partial charge in [0.1, 0.15) is 5.76 Å². The highest BCUT2D eigenvalue weighted by atomic mass is 32.1. The first-order chi connectivity index (χ1) is 6.57. The fourth-order valence-corrected chi connectivity index (χ4v) is 2.91. The predicted octanol–water partition coefficient (Wildman–Crippen LogP) is 3.55. The first kappa shape index (κ1) is 9.74. The summed E-state index contributed by atoms with van der Waals surface area (Å²) >= 11 is 1.70. The lowest BCUT2D eigenvalue weighted by atomic mass is 10.3. The minimum atomic E-state index is -1.22. The zero-order valence-corrected chi connectivity index (χ0v) is 10.5. The lowest BCUT2D eigenvalue weighted by Gasteiger charge is -2.11. The fraction of sp³-hybridized carbons (Fsp3) is 0.273. The fourth-order valence-electron chi connectivity index (χ4n) is 1.29. The van der Waals surface area contributed by atoms with Crippen molar-refractivity contribution in [2.75, 3.05) is 0 Å². The normalized spacial score (nSPS) is 11.9. The zero-order chi connectivity index (χ0) is 10.2. The van der Waals surface area contributed by atoms with Crippen LogP contribution >= 0.6 is 11.3 Å². The third-order valence-electron chi connectivity index (χ3n) is 2.27. The molecule has 2 rings (SSSR count). The maximum absolute atomic E-state index is 5.58. The van der Waals surface area contributed by atoms with Crippen LogP contribution in [0.2, 0.25) is 19.6 Å². The van der Waals surface area contributed by atoms with Gasteiger partial charge in [0.05, 0.1) is 14.3 Å². The van der Waals surface area contributed by atoms with Crippen molar-refractivity contribution in [3.8, 4) is 11.3 Å². The molecule has 0 unspecified atom stereocenters. The molecule has 0 radical (unpaired) electrons. The van der Waals surface area contributed by atoms with Crippen LogP contribution in [0.5, 0.6) is 0 Å². The molecule has 0 saturated heterocycles. The first-order valence-corrected chi connectivity index (χ1v) is 9.13. The Bertz CT molecular complexity index is 409. The Hall–Kier alpha value is -0.803. The molecule has 2 heterocycles. The average molecular weight is 222 g/mol. The van der Waals surface area contributed by atoms with Crippen LogP contribution in [0, 0.1) is 0 Å². The molecule has 0 aromatic carbocycles. The van der Waals surface area contributed by atoms with Gasteiger partial charge in [-0.25, -0.2) is 0 Å². The van der Waals surface area contributed by atoms with E-state index in [9.17, 15) is 0 Å². The number of thiophene rings is 1.